The number of hydrogen-bond acceptors (Lipinski definition) is 4. The van der Waals surface area contributed by atoms with Crippen LogP contribution < -0.4 is 10.1 Å². The number of piperidine rings is 1. The molecule has 182 valence electrons. The van der Waals surface area contributed by atoms with E-state index in [1.165, 1.54) is 29.2 Å². The Morgan fingerprint density at radius 2 is 1.74 bits per heavy atom. The molecule has 6 nitrogen and oxygen atoms in total. The summed E-state index contributed by atoms with van der Waals surface area (Å²) >= 11 is 5.97. The van der Waals surface area contributed by atoms with Crippen molar-refractivity contribution in [3.05, 3.63) is 58.6 Å². The van der Waals surface area contributed by atoms with Crippen LogP contribution in [-0.4, -0.2) is 44.6 Å². The molecule has 2 amide bonds. The number of benzene rings is 2. The molecule has 0 aromatic heterocycles. The number of hydrogen-bond donors (Lipinski definition) is 1. The minimum Gasteiger partial charge on any atom is -0.488 e. The third-order valence-electron chi connectivity index (χ3n) is 7.28. The molecule has 1 aliphatic carbocycles. The summed E-state index contributed by atoms with van der Waals surface area (Å²) in [6, 6.07) is 6.00. The minimum atomic E-state index is -4.31. The van der Waals surface area contributed by atoms with Gasteiger partial charge in [-0.2, -0.15) is 0 Å². The van der Waals surface area contributed by atoms with Crippen LogP contribution in [0.1, 0.15) is 44.1 Å². The molecule has 0 bridgehead atoms. The average molecular weight is 511 g/mol. The summed E-state index contributed by atoms with van der Waals surface area (Å²) in [5.74, 6) is -2.13. The fourth-order valence-electron chi connectivity index (χ4n) is 5.68. The van der Waals surface area contributed by atoms with Gasteiger partial charge in [0.1, 0.15) is 17.2 Å². The maximum atomic E-state index is 15.4. The Labute approximate surface area is 202 Å². The van der Waals surface area contributed by atoms with Gasteiger partial charge in [-0.25, -0.2) is 22.0 Å². The van der Waals surface area contributed by atoms with Crippen LogP contribution in [0.25, 0.3) is 0 Å². The number of fused-ring (bicyclic) bond motifs is 3. The van der Waals surface area contributed by atoms with Gasteiger partial charge in [0.05, 0.1) is 16.5 Å². The van der Waals surface area contributed by atoms with Crippen molar-refractivity contribution in [1.29, 1.82) is 0 Å². The molecule has 2 heterocycles. The Balaban J connectivity index is 1.67. The van der Waals surface area contributed by atoms with E-state index in [0.29, 0.717) is 11.4 Å². The number of rotatable bonds is 3. The fourth-order valence-corrected chi connectivity index (χ4v) is 8.14. The molecule has 2 atom stereocenters. The van der Waals surface area contributed by atoms with E-state index in [-0.39, 0.29) is 36.1 Å². The van der Waals surface area contributed by atoms with Crippen LogP contribution in [0.3, 0.4) is 0 Å². The Kier molecular flexibility index (Phi) is 5.96. The van der Waals surface area contributed by atoms with Gasteiger partial charge in [-0.15, -0.1) is 0 Å². The number of halogens is 3. The van der Waals surface area contributed by atoms with Crippen LogP contribution in [0.15, 0.2) is 41.3 Å². The summed E-state index contributed by atoms with van der Waals surface area (Å²) < 4.78 is 62.3. The van der Waals surface area contributed by atoms with Crippen LogP contribution in [0.2, 0.25) is 5.02 Å². The molecule has 10 heteroatoms. The number of likely N-dealkylation sites (tertiary alicyclic amines) is 1. The smallest absolute Gasteiger partial charge is 0.318 e. The fraction of sp³-hybridized carbons (Fsp3) is 0.458. The van der Waals surface area contributed by atoms with E-state index in [2.05, 4.69) is 5.32 Å². The molecular formula is C24H25ClF2N2O4S. The van der Waals surface area contributed by atoms with Gasteiger partial charge in [-0.3, -0.25) is 0 Å². The van der Waals surface area contributed by atoms with Gasteiger partial charge in [0.15, 0.2) is 21.4 Å². The zero-order valence-corrected chi connectivity index (χ0v) is 20.0. The molecule has 1 saturated carbocycles. The van der Waals surface area contributed by atoms with Crippen molar-refractivity contribution in [3.63, 3.8) is 0 Å². The van der Waals surface area contributed by atoms with E-state index in [1.807, 2.05) is 0 Å². The first-order chi connectivity index (χ1) is 16.3. The van der Waals surface area contributed by atoms with Gasteiger partial charge in [0.25, 0.3) is 0 Å². The Morgan fingerprint density at radius 3 is 2.44 bits per heavy atom. The van der Waals surface area contributed by atoms with Gasteiger partial charge < -0.3 is 15.0 Å². The first kappa shape index (κ1) is 23.4. The summed E-state index contributed by atoms with van der Waals surface area (Å²) in [4.78, 5) is 14.7. The summed E-state index contributed by atoms with van der Waals surface area (Å²) in [7, 11) is -4.31. The second-order valence-corrected chi connectivity index (χ2v) is 11.8. The molecular weight excluding hydrogens is 486 g/mol. The standard InChI is InChI=1S/C24H25ClF2N2O4S/c25-15-6-8-17(9-7-15)34(31,32)24-12-3-13-29(23(30)28-16-4-1-2-5-16)20(24)14-33-22-19(27)11-10-18(26)21(22)24/h6-11,16,20H,1-5,12-14H2,(H,28,30)/t20-,24+/m0/s1. The molecule has 2 fully saturated rings. The molecule has 1 saturated heterocycles. The van der Waals surface area contributed by atoms with Crippen LogP contribution >= 0.6 is 11.6 Å². The van der Waals surface area contributed by atoms with Crippen molar-refractivity contribution in [2.24, 2.45) is 0 Å². The van der Waals surface area contributed by atoms with E-state index in [4.69, 9.17) is 16.3 Å². The molecule has 34 heavy (non-hydrogen) atoms. The molecule has 1 N–H and O–H groups in total. The van der Waals surface area contributed by atoms with Gasteiger partial charge in [-0.05, 0) is 62.1 Å². The monoisotopic (exact) mass is 510 g/mol. The molecule has 0 radical (unpaired) electrons. The van der Waals surface area contributed by atoms with E-state index in [9.17, 15) is 17.6 Å². The average Bonchev–Trinajstić information content (AvgIpc) is 3.33. The zero-order valence-electron chi connectivity index (χ0n) is 18.4. The number of carbonyl (C=O) groups is 1. The molecule has 2 aromatic rings. The minimum absolute atomic E-state index is 0.0164. The molecule has 2 aromatic carbocycles. The van der Waals surface area contributed by atoms with Crippen LogP contribution in [0, 0.1) is 11.6 Å². The lowest BCUT2D eigenvalue weighted by atomic mass is 9.80. The number of sulfone groups is 1. The number of amides is 2. The first-order valence-corrected chi connectivity index (χ1v) is 13.3. The predicted octanol–water partition coefficient (Wildman–Crippen LogP) is 4.80. The van der Waals surface area contributed by atoms with Crippen molar-refractivity contribution >= 4 is 27.5 Å². The Bertz CT molecular complexity index is 1220. The van der Waals surface area contributed by atoms with Gasteiger partial charge in [-0.1, -0.05) is 24.4 Å². The summed E-state index contributed by atoms with van der Waals surface area (Å²) in [5, 5.41) is 3.34. The second kappa shape index (κ2) is 8.68. The van der Waals surface area contributed by atoms with E-state index >= 15 is 4.39 Å². The van der Waals surface area contributed by atoms with Gasteiger partial charge >= 0.3 is 6.03 Å². The summed E-state index contributed by atoms with van der Waals surface area (Å²) in [6.45, 7) is 0.0228. The van der Waals surface area contributed by atoms with Gasteiger partial charge in [0, 0.05) is 17.6 Å². The highest BCUT2D eigenvalue weighted by molar-refractivity contribution is 7.92. The van der Waals surface area contributed by atoms with Crippen LogP contribution in [0.5, 0.6) is 5.75 Å². The molecule has 3 aliphatic rings. The lowest BCUT2D eigenvalue weighted by molar-refractivity contribution is 0.0646. The quantitative estimate of drug-likeness (QED) is 0.644. The normalized spacial score (nSPS) is 24.8. The molecule has 2 aliphatic heterocycles. The zero-order chi connectivity index (χ0) is 24.1. The van der Waals surface area contributed by atoms with Crippen molar-refractivity contribution in [1.82, 2.24) is 10.2 Å². The first-order valence-electron chi connectivity index (χ1n) is 11.4. The maximum Gasteiger partial charge on any atom is 0.318 e. The largest absolute Gasteiger partial charge is 0.488 e. The van der Waals surface area contributed by atoms with Gasteiger partial charge in [0.2, 0.25) is 0 Å². The third-order valence-corrected chi connectivity index (χ3v) is 10.1. The number of nitrogens with zero attached hydrogens (tertiary/aromatic N) is 1. The van der Waals surface area contributed by atoms with E-state index in [0.717, 1.165) is 37.8 Å². The number of carbonyl (C=O) groups excluding carboxylic acids is 1. The molecule has 0 spiro atoms. The number of ether oxygens (including phenoxy) is 1. The highest BCUT2D eigenvalue weighted by Crippen LogP contribution is 2.53. The number of urea groups is 1. The predicted molar refractivity (Wildman–Crippen MR) is 123 cm³/mol. The van der Waals surface area contributed by atoms with Crippen molar-refractivity contribution in [3.8, 4) is 5.75 Å². The number of nitrogens with one attached hydrogen (secondary N) is 1. The Hall–Kier alpha value is -2.39. The van der Waals surface area contributed by atoms with E-state index < -0.39 is 44.0 Å². The maximum absolute atomic E-state index is 15.4. The summed E-state index contributed by atoms with van der Waals surface area (Å²) in [6.07, 6.45) is 4.08. The second-order valence-electron chi connectivity index (χ2n) is 9.13. The lowest BCUT2D eigenvalue weighted by Crippen LogP contribution is -2.66. The third kappa shape index (κ3) is 3.55. The molecule has 5 rings (SSSR count). The highest BCUT2D eigenvalue weighted by Gasteiger charge is 2.61. The van der Waals surface area contributed by atoms with Crippen molar-refractivity contribution in [2.45, 2.75) is 60.3 Å². The van der Waals surface area contributed by atoms with Crippen LogP contribution in [-0.2, 0) is 14.6 Å². The molecule has 0 unspecified atom stereocenters. The Morgan fingerprint density at radius 1 is 1.06 bits per heavy atom. The van der Waals surface area contributed by atoms with Crippen molar-refractivity contribution < 1.29 is 26.7 Å². The van der Waals surface area contributed by atoms with Crippen LogP contribution in [0.4, 0.5) is 13.6 Å². The van der Waals surface area contributed by atoms with Crippen molar-refractivity contribution in [2.75, 3.05) is 13.2 Å². The highest BCUT2D eigenvalue weighted by atomic mass is 35.5. The van der Waals surface area contributed by atoms with E-state index in [1.54, 1.807) is 0 Å². The summed E-state index contributed by atoms with van der Waals surface area (Å²) in [5.41, 5.74) is -0.350. The SMILES string of the molecule is O=C(NC1CCCC1)N1CCC[C@]2(S(=O)(=O)c3ccc(Cl)cc3)c3c(F)ccc(F)c3OC[C@H]12. The topological polar surface area (TPSA) is 75.7 Å². The lowest BCUT2D eigenvalue weighted by Gasteiger charge is -2.51.